The van der Waals surface area contributed by atoms with Gasteiger partial charge in [-0.2, -0.15) is 4.31 Å². The third-order valence-electron chi connectivity index (χ3n) is 6.41. The molecule has 1 aliphatic rings. The fourth-order valence-corrected chi connectivity index (χ4v) is 6.89. The highest BCUT2D eigenvalue weighted by Gasteiger charge is 2.36. The minimum atomic E-state index is -3.76. The molecule has 1 aliphatic heterocycles. The third-order valence-corrected chi connectivity index (χ3v) is 9.34. The lowest BCUT2D eigenvalue weighted by atomic mass is 9.98. The fraction of sp³-hybridized carbons (Fsp3) is 0.308. The molecule has 1 saturated heterocycles. The molecule has 1 unspecified atom stereocenters. The number of nitrogens with zero attached hydrogens (tertiary/aromatic N) is 3. The van der Waals surface area contributed by atoms with Crippen LogP contribution in [0.25, 0.3) is 10.2 Å². The summed E-state index contributed by atoms with van der Waals surface area (Å²) in [5, 5.41) is 0.528. The molecule has 194 valence electrons. The second-order valence-electron chi connectivity index (χ2n) is 8.71. The van der Waals surface area contributed by atoms with Crippen LogP contribution >= 0.6 is 11.3 Å². The molecule has 11 heteroatoms. The fourth-order valence-electron chi connectivity index (χ4n) is 4.42. The first-order chi connectivity index (χ1) is 17.9. The second-order valence-corrected chi connectivity index (χ2v) is 11.7. The molecule has 1 amide bonds. The number of fused-ring (bicyclic) bond motifs is 1. The van der Waals surface area contributed by atoms with Gasteiger partial charge in [0.1, 0.15) is 17.3 Å². The van der Waals surface area contributed by atoms with Gasteiger partial charge in [0.05, 0.1) is 48.1 Å². The van der Waals surface area contributed by atoms with Gasteiger partial charge in [0, 0.05) is 19.2 Å². The van der Waals surface area contributed by atoms with Gasteiger partial charge >= 0.3 is 0 Å². The van der Waals surface area contributed by atoms with Gasteiger partial charge in [-0.25, -0.2) is 13.4 Å². The van der Waals surface area contributed by atoms with E-state index in [1.54, 1.807) is 42.5 Å². The molecular weight excluding hydrogens is 514 g/mol. The number of carbonyl (C=O) groups excluding carboxylic acids is 1. The maximum Gasteiger partial charge on any atom is 0.243 e. The molecule has 0 N–H and O–H groups in total. The molecule has 2 aromatic carbocycles. The van der Waals surface area contributed by atoms with E-state index in [1.165, 1.54) is 34.9 Å². The number of rotatable bonds is 8. The van der Waals surface area contributed by atoms with Crippen molar-refractivity contribution >= 4 is 42.6 Å². The van der Waals surface area contributed by atoms with Crippen molar-refractivity contribution in [2.75, 3.05) is 32.2 Å². The molecule has 0 bridgehead atoms. The Morgan fingerprint density at radius 1 is 1.14 bits per heavy atom. The third kappa shape index (κ3) is 5.20. The molecule has 1 atom stereocenters. The summed E-state index contributed by atoms with van der Waals surface area (Å²) in [5.41, 5.74) is 0.726. The van der Waals surface area contributed by atoms with Gasteiger partial charge in [0.2, 0.25) is 15.9 Å². The van der Waals surface area contributed by atoms with Crippen LogP contribution in [-0.4, -0.2) is 50.9 Å². The Kier molecular flexibility index (Phi) is 7.18. The number of furan rings is 1. The van der Waals surface area contributed by atoms with E-state index in [1.807, 2.05) is 18.2 Å². The van der Waals surface area contributed by atoms with Crippen molar-refractivity contribution in [1.82, 2.24) is 9.29 Å². The number of hydrogen-bond donors (Lipinski definition) is 0. The summed E-state index contributed by atoms with van der Waals surface area (Å²) >= 11 is 1.40. The summed E-state index contributed by atoms with van der Waals surface area (Å²) in [7, 11) is -0.639. The summed E-state index contributed by atoms with van der Waals surface area (Å²) in [6.45, 7) is 0.655. The molecule has 4 aromatic rings. The van der Waals surface area contributed by atoms with Crippen molar-refractivity contribution in [2.45, 2.75) is 24.3 Å². The van der Waals surface area contributed by atoms with Crippen LogP contribution in [0.1, 0.15) is 18.6 Å². The number of amides is 1. The maximum atomic E-state index is 13.9. The number of hydrogen-bond acceptors (Lipinski definition) is 8. The Morgan fingerprint density at radius 3 is 2.59 bits per heavy atom. The van der Waals surface area contributed by atoms with Gasteiger partial charge < -0.3 is 13.9 Å². The van der Waals surface area contributed by atoms with Crippen LogP contribution in [0.4, 0.5) is 5.13 Å². The molecule has 3 heterocycles. The highest BCUT2D eigenvalue weighted by atomic mass is 32.2. The minimum absolute atomic E-state index is 0.0978. The number of methoxy groups -OCH3 is 2. The monoisotopic (exact) mass is 541 g/mol. The van der Waals surface area contributed by atoms with Crippen molar-refractivity contribution < 1.29 is 27.1 Å². The standard InChI is InChI=1S/C26H27N3O6S2/c1-33-19-7-10-22(11-8-19)37(31,32)28-13-3-5-18(16-28)25(30)29(17-21-6-4-14-35-21)26-27-23-15-20(34-2)9-12-24(23)36-26/h4,6-12,14-15,18H,3,5,13,16-17H2,1-2H3. The zero-order chi connectivity index (χ0) is 26.0. The molecule has 0 radical (unpaired) electrons. The Hall–Kier alpha value is -3.41. The topological polar surface area (TPSA) is 102 Å². The van der Waals surface area contributed by atoms with Crippen LogP contribution in [-0.2, 0) is 21.4 Å². The lowest BCUT2D eigenvalue weighted by Gasteiger charge is -2.33. The number of thiazole rings is 1. The van der Waals surface area contributed by atoms with Crippen molar-refractivity contribution in [3.63, 3.8) is 0 Å². The molecule has 5 rings (SSSR count). The number of benzene rings is 2. The summed E-state index contributed by atoms with van der Waals surface area (Å²) in [4.78, 5) is 20.4. The summed E-state index contributed by atoms with van der Waals surface area (Å²) in [6.07, 6.45) is 2.73. The van der Waals surface area contributed by atoms with E-state index in [0.29, 0.717) is 41.8 Å². The second kappa shape index (κ2) is 10.5. The Balaban J connectivity index is 1.42. The molecular formula is C26H27N3O6S2. The summed E-state index contributed by atoms with van der Waals surface area (Å²) in [5.74, 6) is 1.17. The zero-order valence-corrected chi connectivity index (χ0v) is 22.1. The normalized spacial score (nSPS) is 16.5. The molecule has 0 aliphatic carbocycles. The number of piperidine rings is 1. The van der Waals surface area contributed by atoms with Crippen molar-refractivity contribution in [3.05, 3.63) is 66.6 Å². The van der Waals surface area contributed by atoms with Crippen LogP contribution in [0, 0.1) is 5.92 Å². The molecule has 0 saturated carbocycles. The number of carbonyl (C=O) groups is 1. The van der Waals surface area contributed by atoms with Crippen LogP contribution in [0.15, 0.2) is 70.2 Å². The predicted octanol–water partition coefficient (Wildman–Crippen LogP) is 4.54. The van der Waals surface area contributed by atoms with Gasteiger partial charge in [-0.15, -0.1) is 0 Å². The van der Waals surface area contributed by atoms with Gasteiger partial charge in [-0.05, 0) is 61.4 Å². The van der Waals surface area contributed by atoms with Crippen LogP contribution in [0.5, 0.6) is 11.5 Å². The van der Waals surface area contributed by atoms with Gasteiger partial charge in [-0.1, -0.05) is 11.3 Å². The first kappa shape index (κ1) is 25.2. The maximum absolute atomic E-state index is 13.9. The van der Waals surface area contributed by atoms with Gasteiger partial charge in [0.15, 0.2) is 5.13 Å². The SMILES string of the molecule is COc1ccc(S(=O)(=O)N2CCCC(C(=O)N(Cc3ccco3)c3nc4cc(OC)ccc4s3)C2)cc1. The predicted molar refractivity (Wildman–Crippen MR) is 141 cm³/mol. The minimum Gasteiger partial charge on any atom is -0.497 e. The molecule has 9 nitrogen and oxygen atoms in total. The van der Waals surface area contributed by atoms with E-state index >= 15 is 0 Å². The van der Waals surface area contributed by atoms with Crippen molar-refractivity contribution in [1.29, 1.82) is 0 Å². The lowest BCUT2D eigenvalue weighted by Crippen LogP contribution is -2.46. The first-order valence-electron chi connectivity index (χ1n) is 11.8. The summed E-state index contributed by atoms with van der Waals surface area (Å²) < 4.78 is 45.0. The van der Waals surface area contributed by atoms with Crippen molar-refractivity contribution in [2.24, 2.45) is 5.92 Å². The quantitative estimate of drug-likeness (QED) is 0.323. The number of ether oxygens (including phenoxy) is 2. The summed E-state index contributed by atoms with van der Waals surface area (Å²) in [6, 6.07) is 15.5. The van der Waals surface area contributed by atoms with E-state index in [2.05, 4.69) is 0 Å². The van der Waals surface area contributed by atoms with Crippen LogP contribution in [0.2, 0.25) is 0 Å². The molecule has 1 fully saturated rings. The van der Waals surface area contributed by atoms with Gasteiger partial charge in [0.25, 0.3) is 0 Å². The van der Waals surface area contributed by atoms with Crippen LogP contribution < -0.4 is 14.4 Å². The van der Waals surface area contributed by atoms with Crippen molar-refractivity contribution in [3.8, 4) is 11.5 Å². The van der Waals surface area contributed by atoms with E-state index < -0.39 is 15.9 Å². The number of anilines is 1. The Labute approximate surface area is 219 Å². The van der Waals surface area contributed by atoms with E-state index in [4.69, 9.17) is 18.9 Å². The zero-order valence-electron chi connectivity index (χ0n) is 20.5. The molecule has 0 spiro atoms. The highest BCUT2D eigenvalue weighted by Crippen LogP contribution is 2.34. The van der Waals surface area contributed by atoms with Gasteiger partial charge in [-0.3, -0.25) is 9.69 Å². The average molecular weight is 542 g/mol. The highest BCUT2D eigenvalue weighted by molar-refractivity contribution is 7.89. The first-order valence-corrected chi connectivity index (χ1v) is 14.1. The number of sulfonamides is 1. The Morgan fingerprint density at radius 2 is 1.89 bits per heavy atom. The van der Waals surface area contributed by atoms with E-state index in [-0.39, 0.29) is 23.9 Å². The van der Waals surface area contributed by atoms with E-state index in [0.717, 1.165) is 10.2 Å². The largest absolute Gasteiger partial charge is 0.497 e. The lowest BCUT2D eigenvalue weighted by molar-refractivity contribution is -0.123. The van der Waals surface area contributed by atoms with E-state index in [9.17, 15) is 13.2 Å². The average Bonchev–Trinajstić information content (AvgIpc) is 3.60. The Bertz CT molecular complexity index is 1480. The molecule has 2 aromatic heterocycles. The number of aromatic nitrogens is 1. The smallest absolute Gasteiger partial charge is 0.243 e. The molecule has 37 heavy (non-hydrogen) atoms. The van der Waals surface area contributed by atoms with Crippen LogP contribution in [0.3, 0.4) is 0 Å².